The largest absolute Gasteiger partial charge is 0.378 e. The summed E-state index contributed by atoms with van der Waals surface area (Å²) in [4.78, 5) is 12.2. The summed E-state index contributed by atoms with van der Waals surface area (Å²) in [5.74, 6) is -0.000880. The number of methoxy groups -OCH3 is 1. The van der Waals surface area contributed by atoms with Crippen molar-refractivity contribution in [2.45, 2.75) is 31.3 Å². The molecule has 0 radical (unpaired) electrons. The summed E-state index contributed by atoms with van der Waals surface area (Å²) in [5.41, 5.74) is 0.213. The highest BCUT2D eigenvalue weighted by Crippen LogP contribution is 2.39. The maximum atomic E-state index is 12.2. The maximum absolute atomic E-state index is 12.2. The Morgan fingerprint density at radius 2 is 2.12 bits per heavy atom. The monoisotopic (exact) mass is 272 g/mol. The molecule has 0 bridgehead atoms. The van der Waals surface area contributed by atoms with Crippen LogP contribution >= 0.6 is 23.2 Å². The average molecular weight is 273 g/mol. The van der Waals surface area contributed by atoms with Crippen molar-refractivity contribution < 1.29 is 9.53 Å². The van der Waals surface area contributed by atoms with Crippen LogP contribution in [0.4, 0.5) is 0 Å². The number of Topliss-reactive ketones (excluding diaryl/α,β-unsaturated/α-hetero) is 1. The highest BCUT2D eigenvalue weighted by atomic mass is 35.5. The molecule has 0 aromatic heterocycles. The third kappa shape index (κ3) is 2.65. The number of ketones is 1. The molecule has 0 saturated heterocycles. The van der Waals surface area contributed by atoms with E-state index in [9.17, 15) is 4.79 Å². The van der Waals surface area contributed by atoms with Gasteiger partial charge in [-0.3, -0.25) is 4.79 Å². The summed E-state index contributed by atoms with van der Waals surface area (Å²) in [6, 6.07) is 4.95. The average Bonchev–Trinajstić information content (AvgIpc) is 2.26. The second-order valence-corrected chi connectivity index (χ2v) is 5.31. The van der Waals surface area contributed by atoms with Crippen LogP contribution in [0, 0.1) is 0 Å². The van der Waals surface area contributed by atoms with E-state index < -0.39 is 0 Å². The van der Waals surface area contributed by atoms with E-state index in [4.69, 9.17) is 27.9 Å². The molecule has 0 heterocycles. The zero-order valence-corrected chi connectivity index (χ0v) is 11.1. The van der Waals surface area contributed by atoms with E-state index in [-0.39, 0.29) is 11.4 Å². The van der Waals surface area contributed by atoms with Crippen molar-refractivity contribution in [3.8, 4) is 0 Å². The highest BCUT2D eigenvalue weighted by molar-refractivity contribution is 6.35. The summed E-state index contributed by atoms with van der Waals surface area (Å²) in [6.07, 6.45) is 3.37. The molecule has 0 N–H and O–H groups in total. The molecule has 4 heteroatoms. The Balaban J connectivity index is 2.17. The fourth-order valence-corrected chi connectivity index (χ4v) is 2.52. The van der Waals surface area contributed by atoms with Crippen molar-refractivity contribution in [3.05, 3.63) is 33.8 Å². The number of halogens is 2. The molecule has 1 aliphatic rings. The first kappa shape index (κ1) is 12.9. The summed E-state index contributed by atoms with van der Waals surface area (Å²) in [5, 5.41) is 0.975. The van der Waals surface area contributed by atoms with Crippen LogP contribution in [0.1, 0.15) is 36.0 Å². The lowest BCUT2D eigenvalue weighted by Gasteiger charge is -2.40. The number of carbonyl (C=O) groups excluding carboxylic acids is 1. The van der Waals surface area contributed by atoms with Crippen molar-refractivity contribution in [2.75, 3.05) is 7.11 Å². The molecular formula is C13H14Cl2O2. The first-order valence-corrected chi connectivity index (χ1v) is 6.35. The molecule has 1 aromatic rings. The van der Waals surface area contributed by atoms with Gasteiger partial charge in [-0.15, -0.1) is 0 Å². The molecule has 1 saturated carbocycles. The van der Waals surface area contributed by atoms with Gasteiger partial charge in [0.05, 0.1) is 10.6 Å². The van der Waals surface area contributed by atoms with Gasteiger partial charge in [0.15, 0.2) is 5.78 Å². The molecular weight excluding hydrogens is 259 g/mol. The molecule has 0 amide bonds. The number of carbonyl (C=O) groups is 1. The second-order valence-electron chi connectivity index (χ2n) is 4.46. The van der Waals surface area contributed by atoms with Crippen molar-refractivity contribution in [3.63, 3.8) is 0 Å². The summed E-state index contributed by atoms with van der Waals surface area (Å²) < 4.78 is 5.44. The Labute approximate surface area is 111 Å². The lowest BCUT2D eigenvalue weighted by Crippen LogP contribution is -2.41. The number of hydrogen-bond donors (Lipinski definition) is 0. The van der Waals surface area contributed by atoms with E-state index in [1.54, 1.807) is 25.3 Å². The smallest absolute Gasteiger partial charge is 0.167 e. The predicted molar refractivity (Wildman–Crippen MR) is 69.0 cm³/mol. The Bertz CT molecular complexity index is 434. The van der Waals surface area contributed by atoms with Crippen molar-refractivity contribution >= 4 is 29.0 Å². The zero-order chi connectivity index (χ0) is 12.5. The Morgan fingerprint density at radius 3 is 2.65 bits per heavy atom. The Kier molecular flexibility index (Phi) is 3.76. The van der Waals surface area contributed by atoms with Crippen LogP contribution in [-0.2, 0) is 4.74 Å². The summed E-state index contributed by atoms with van der Waals surface area (Å²) >= 11 is 11.9. The molecule has 17 heavy (non-hydrogen) atoms. The van der Waals surface area contributed by atoms with Crippen LogP contribution in [0.5, 0.6) is 0 Å². The van der Waals surface area contributed by atoms with Gasteiger partial charge in [0.2, 0.25) is 0 Å². The molecule has 1 aromatic carbocycles. The SMILES string of the molecule is COC1(CC(=O)c2cc(Cl)ccc2Cl)CCC1. The first-order chi connectivity index (χ1) is 8.06. The molecule has 0 atom stereocenters. The number of rotatable bonds is 4. The third-order valence-corrected chi connectivity index (χ3v) is 3.97. The van der Waals surface area contributed by atoms with Crippen molar-refractivity contribution in [1.29, 1.82) is 0 Å². The predicted octanol–water partition coefficient (Wildman–Crippen LogP) is 4.14. The fraction of sp³-hybridized carbons (Fsp3) is 0.462. The van der Waals surface area contributed by atoms with Crippen LogP contribution in [0.25, 0.3) is 0 Å². The van der Waals surface area contributed by atoms with E-state index in [1.807, 2.05) is 0 Å². The van der Waals surface area contributed by atoms with Gasteiger partial charge in [-0.1, -0.05) is 23.2 Å². The van der Waals surface area contributed by atoms with Gasteiger partial charge in [-0.05, 0) is 37.5 Å². The van der Waals surface area contributed by atoms with Gasteiger partial charge in [0, 0.05) is 24.1 Å². The topological polar surface area (TPSA) is 26.3 Å². The lowest BCUT2D eigenvalue weighted by atomic mass is 9.76. The maximum Gasteiger partial charge on any atom is 0.167 e. The molecule has 0 aliphatic heterocycles. The lowest BCUT2D eigenvalue weighted by molar-refractivity contribution is -0.0704. The quantitative estimate of drug-likeness (QED) is 0.771. The minimum absolute atomic E-state index is 0.000880. The van der Waals surface area contributed by atoms with Crippen LogP contribution in [-0.4, -0.2) is 18.5 Å². The number of hydrogen-bond acceptors (Lipinski definition) is 2. The number of benzene rings is 1. The van der Waals surface area contributed by atoms with Crippen LogP contribution in [0.15, 0.2) is 18.2 Å². The zero-order valence-electron chi connectivity index (χ0n) is 9.63. The summed E-state index contributed by atoms with van der Waals surface area (Å²) in [7, 11) is 1.66. The minimum atomic E-state index is -0.275. The van der Waals surface area contributed by atoms with Gasteiger partial charge in [-0.25, -0.2) is 0 Å². The van der Waals surface area contributed by atoms with E-state index in [1.165, 1.54) is 0 Å². The molecule has 92 valence electrons. The first-order valence-electron chi connectivity index (χ1n) is 5.60. The van der Waals surface area contributed by atoms with E-state index in [2.05, 4.69) is 0 Å². The van der Waals surface area contributed by atoms with Crippen LogP contribution < -0.4 is 0 Å². The van der Waals surface area contributed by atoms with E-state index in [0.29, 0.717) is 22.0 Å². The van der Waals surface area contributed by atoms with E-state index in [0.717, 1.165) is 19.3 Å². The summed E-state index contributed by atoms with van der Waals surface area (Å²) in [6.45, 7) is 0. The molecule has 2 nitrogen and oxygen atoms in total. The molecule has 0 unspecified atom stereocenters. The Morgan fingerprint density at radius 1 is 1.41 bits per heavy atom. The standard InChI is InChI=1S/C13H14Cl2O2/c1-17-13(5-2-6-13)8-12(16)10-7-9(14)3-4-11(10)15/h3-4,7H,2,5-6,8H2,1H3. The van der Waals surface area contributed by atoms with Crippen LogP contribution in [0.3, 0.4) is 0 Å². The van der Waals surface area contributed by atoms with Gasteiger partial charge >= 0.3 is 0 Å². The number of ether oxygens (including phenoxy) is 1. The molecule has 2 rings (SSSR count). The second kappa shape index (κ2) is 4.97. The third-order valence-electron chi connectivity index (χ3n) is 3.41. The fourth-order valence-electron chi connectivity index (χ4n) is 2.12. The molecule has 1 aliphatic carbocycles. The Hall–Kier alpha value is -0.570. The van der Waals surface area contributed by atoms with Crippen molar-refractivity contribution in [2.24, 2.45) is 0 Å². The van der Waals surface area contributed by atoms with Gasteiger partial charge in [-0.2, -0.15) is 0 Å². The minimum Gasteiger partial charge on any atom is -0.378 e. The van der Waals surface area contributed by atoms with Gasteiger partial charge in [0.1, 0.15) is 0 Å². The van der Waals surface area contributed by atoms with E-state index >= 15 is 0 Å². The van der Waals surface area contributed by atoms with Gasteiger partial charge in [0.25, 0.3) is 0 Å². The van der Waals surface area contributed by atoms with Crippen molar-refractivity contribution in [1.82, 2.24) is 0 Å². The normalized spacial score (nSPS) is 17.6. The van der Waals surface area contributed by atoms with Gasteiger partial charge < -0.3 is 4.74 Å². The molecule has 0 spiro atoms. The molecule has 1 fully saturated rings. The highest BCUT2D eigenvalue weighted by Gasteiger charge is 2.39. The van der Waals surface area contributed by atoms with Crippen LogP contribution in [0.2, 0.25) is 10.0 Å².